The highest BCUT2D eigenvalue weighted by atomic mass is 127. The van der Waals surface area contributed by atoms with Gasteiger partial charge in [-0.25, -0.2) is 4.98 Å². The number of rotatable bonds is 7. The number of aryl methyl sites for hydroxylation is 1. The van der Waals surface area contributed by atoms with E-state index in [0.717, 1.165) is 45.1 Å². The van der Waals surface area contributed by atoms with E-state index in [0.29, 0.717) is 6.04 Å². The molecule has 1 aliphatic heterocycles. The van der Waals surface area contributed by atoms with Crippen LogP contribution in [0.4, 0.5) is 0 Å². The van der Waals surface area contributed by atoms with Gasteiger partial charge in [-0.1, -0.05) is 0 Å². The Morgan fingerprint density at radius 3 is 3.00 bits per heavy atom. The number of fused-ring (bicyclic) bond motifs is 1. The van der Waals surface area contributed by atoms with E-state index in [-0.39, 0.29) is 24.0 Å². The number of hydrogen-bond donors (Lipinski definition) is 2. The summed E-state index contributed by atoms with van der Waals surface area (Å²) in [6.45, 7) is 11.2. The topological polar surface area (TPSA) is 52.6 Å². The van der Waals surface area contributed by atoms with E-state index in [9.17, 15) is 0 Å². The largest absolute Gasteiger partial charge is 0.357 e. The van der Waals surface area contributed by atoms with E-state index in [1.807, 2.05) is 17.5 Å². The van der Waals surface area contributed by atoms with Crippen LogP contribution < -0.4 is 10.6 Å². The molecule has 27 heavy (non-hydrogen) atoms. The van der Waals surface area contributed by atoms with E-state index in [1.165, 1.54) is 21.9 Å². The maximum atomic E-state index is 4.81. The molecule has 3 heterocycles. The van der Waals surface area contributed by atoms with Gasteiger partial charge in [0, 0.05) is 54.6 Å². The van der Waals surface area contributed by atoms with Crippen LogP contribution >= 0.6 is 46.7 Å². The number of aliphatic imine (C=N–C) groups is 1. The Balaban J connectivity index is 0.00000261. The average molecular weight is 520 g/mol. The molecule has 1 aliphatic rings. The lowest BCUT2D eigenvalue weighted by Crippen LogP contribution is -2.41. The summed E-state index contributed by atoms with van der Waals surface area (Å²) < 4.78 is 0. The van der Waals surface area contributed by atoms with Crippen LogP contribution in [0, 0.1) is 6.92 Å². The minimum absolute atomic E-state index is 0. The van der Waals surface area contributed by atoms with Crippen molar-refractivity contribution in [1.82, 2.24) is 20.5 Å². The van der Waals surface area contributed by atoms with Crippen LogP contribution in [0.1, 0.15) is 34.2 Å². The zero-order valence-electron chi connectivity index (χ0n) is 16.3. The minimum atomic E-state index is 0. The van der Waals surface area contributed by atoms with E-state index in [1.54, 1.807) is 16.2 Å². The molecule has 150 valence electrons. The lowest BCUT2D eigenvalue weighted by Gasteiger charge is -2.31. The molecule has 2 aromatic heterocycles. The number of nitrogens with zero attached hydrogens (tertiary/aromatic N) is 3. The first-order chi connectivity index (χ1) is 12.7. The first kappa shape index (κ1) is 22.6. The Kier molecular flexibility index (Phi) is 9.47. The number of halogens is 1. The van der Waals surface area contributed by atoms with Crippen molar-refractivity contribution in [3.8, 4) is 0 Å². The van der Waals surface area contributed by atoms with Gasteiger partial charge in [0.2, 0.25) is 0 Å². The molecule has 0 radical (unpaired) electrons. The van der Waals surface area contributed by atoms with Gasteiger partial charge in [0.1, 0.15) is 0 Å². The van der Waals surface area contributed by atoms with Crippen LogP contribution in [0.15, 0.2) is 22.6 Å². The molecular formula is C19H30IN5S2. The van der Waals surface area contributed by atoms with Crippen molar-refractivity contribution in [2.24, 2.45) is 4.99 Å². The molecule has 0 aliphatic carbocycles. The summed E-state index contributed by atoms with van der Waals surface area (Å²) in [6.07, 6.45) is 4.05. The minimum Gasteiger partial charge on any atom is -0.357 e. The summed E-state index contributed by atoms with van der Waals surface area (Å²) in [5.74, 6) is 0.904. The molecule has 0 saturated heterocycles. The molecule has 1 atom stereocenters. The predicted octanol–water partition coefficient (Wildman–Crippen LogP) is 3.68. The Hall–Kier alpha value is -0.710. The molecule has 0 saturated carbocycles. The second-order valence-electron chi connectivity index (χ2n) is 6.70. The first-order valence-electron chi connectivity index (χ1n) is 9.38. The van der Waals surface area contributed by atoms with Crippen LogP contribution in [0.25, 0.3) is 0 Å². The molecule has 5 nitrogen and oxygen atoms in total. The molecule has 3 rings (SSSR count). The van der Waals surface area contributed by atoms with Gasteiger partial charge in [-0.15, -0.1) is 46.7 Å². The Bertz CT molecular complexity index is 727. The molecule has 0 amide bonds. The number of aromatic nitrogens is 1. The predicted molar refractivity (Wildman–Crippen MR) is 128 cm³/mol. The van der Waals surface area contributed by atoms with Gasteiger partial charge in [0.25, 0.3) is 0 Å². The monoisotopic (exact) mass is 519 g/mol. The van der Waals surface area contributed by atoms with Crippen molar-refractivity contribution in [3.05, 3.63) is 38.0 Å². The molecule has 0 fully saturated rings. The van der Waals surface area contributed by atoms with Crippen molar-refractivity contribution in [1.29, 1.82) is 0 Å². The maximum Gasteiger partial charge on any atom is 0.191 e. The smallest absolute Gasteiger partial charge is 0.191 e. The van der Waals surface area contributed by atoms with Gasteiger partial charge >= 0.3 is 0 Å². The fraction of sp³-hybridized carbons (Fsp3) is 0.579. The molecule has 8 heteroatoms. The molecule has 1 unspecified atom stereocenters. The summed E-state index contributed by atoms with van der Waals surface area (Å²) >= 11 is 3.66. The molecule has 0 aromatic carbocycles. The third-order valence-electron chi connectivity index (χ3n) is 4.62. The lowest BCUT2D eigenvalue weighted by molar-refractivity contribution is 0.197. The highest BCUT2D eigenvalue weighted by Crippen LogP contribution is 2.25. The van der Waals surface area contributed by atoms with E-state index in [4.69, 9.17) is 4.99 Å². The quantitative estimate of drug-likeness (QED) is 0.333. The Morgan fingerprint density at radius 1 is 1.41 bits per heavy atom. The Morgan fingerprint density at radius 2 is 2.26 bits per heavy atom. The zero-order valence-corrected chi connectivity index (χ0v) is 20.3. The molecule has 2 N–H and O–H groups in total. The van der Waals surface area contributed by atoms with E-state index in [2.05, 4.69) is 52.7 Å². The zero-order chi connectivity index (χ0) is 18.4. The van der Waals surface area contributed by atoms with Crippen molar-refractivity contribution in [2.75, 3.05) is 26.2 Å². The third-order valence-corrected chi connectivity index (χ3v) is 6.61. The molecule has 0 spiro atoms. The number of guanidine groups is 1. The fourth-order valence-corrected chi connectivity index (χ4v) is 4.81. The van der Waals surface area contributed by atoms with Crippen LogP contribution in [0.5, 0.6) is 0 Å². The maximum absolute atomic E-state index is 4.81. The third kappa shape index (κ3) is 6.69. The summed E-state index contributed by atoms with van der Waals surface area (Å²) in [5.41, 5.74) is 1.50. The van der Waals surface area contributed by atoms with Crippen LogP contribution in [0.3, 0.4) is 0 Å². The average Bonchev–Trinajstić information content (AvgIpc) is 3.27. The van der Waals surface area contributed by atoms with Gasteiger partial charge in [0.05, 0.1) is 11.6 Å². The Labute approximate surface area is 187 Å². The lowest BCUT2D eigenvalue weighted by atomic mass is 10.1. The standard InChI is InChI=1S/C19H29N5S2.HI/c1-4-20-19(21-8-5-18-22-12-15(3)26-18)23-11-14(2)24-9-6-17-16(13-24)7-10-25-17;/h7,10,12,14H,4-6,8-9,11,13H2,1-3H3,(H2,20,21,23);1H. The van der Waals surface area contributed by atoms with Crippen molar-refractivity contribution < 1.29 is 0 Å². The second kappa shape index (κ2) is 11.3. The summed E-state index contributed by atoms with van der Waals surface area (Å²) in [5, 5.41) is 10.2. The van der Waals surface area contributed by atoms with Gasteiger partial charge in [-0.05, 0) is 44.2 Å². The van der Waals surface area contributed by atoms with Crippen LogP contribution in [-0.4, -0.2) is 48.1 Å². The van der Waals surface area contributed by atoms with Crippen molar-refractivity contribution in [2.45, 2.75) is 46.2 Å². The van der Waals surface area contributed by atoms with Gasteiger partial charge in [0.15, 0.2) is 5.96 Å². The molecule has 0 bridgehead atoms. The summed E-state index contributed by atoms with van der Waals surface area (Å²) in [4.78, 5) is 14.6. The van der Waals surface area contributed by atoms with Gasteiger partial charge in [-0.2, -0.15) is 0 Å². The van der Waals surface area contributed by atoms with Gasteiger partial charge in [-0.3, -0.25) is 9.89 Å². The highest BCUT2D eigenvalue weighted by molar-refractivity contribution is 14.0. The summed E-state index contributed by atoms with van der Waals surface area (Å²) in [7, 11) is 0. The van der Waals surface area contributed by atoms with E-state index < -0.39 is 0 Å². The normalized spacial score (nSPS) is 15.7. The fourth-order valence-electron chi connectivity index (χ4n) is 3.13. The number of thiazole rings is 1. The van der Waals surface area contributed by atoms with E-state index >= 15 is 0 Å². The van der Waals surface area contributed by atoms with Crippen LogP contribution in [0.2, 0.25) is 0 Å². The molecule has 2 aromatic rings. The van der Waals surface area contributed by atoms with Gasteiger partial charge < -0.3 is 10.6 Å². The molecular weight excluding hydrogens is 489 g/mol. The highest BCUT2D eigenvalue weighted by Gasteiger charge is 2.21. The SMILES string of the molecule is CCNC(=NCC(C)N1CCc2sccc2C1)NCCc1ncc(C)s1.I. The number of hydrogen-bond acceptors (Lipinski definition) is 5. The van der Waals surface area contributed by atoms with Crippen molar-refractivity contribution in [3.63, 3.8) is 0 Å². The second-order valence-corrected chi connectivity index (χ2v) is 9.02. The number of thiophene rings is 1. The van der Waals surface area contributed by atoms with Crippen molar-refractivity contribution >= 4 is 52.6 Å². The van der Waals surface area contributed by atoms with Crippen LogP contribution in [-0.2, 0) is 19.4 Å². The number of nitrogens with one attached hydrogen (secondary N) is 2. The summed E-state index contributed by atoms with van der Waals surface area (Å²) in [6, 6.07) is 2.72. The first-order valence-corrected chi connectivity index (χ1v) is 11.1.